The van der Waals surface area contributed by atoms with E-state index in [0.717, 1.165) is 24.8 Å². The molecule has 1 aliphatic heterocycles. The number of esters is 2. The van der Waals surface area contributed by atoms with E-state index in [0.29, 0.717) is 26.0 Å². The van der Waals surface area contributed by atoms with Crippen molar-refractivity contribution in [2.45, 2.75) is 76.1 Å². The molecular weight excluding hydrogens is 452 g/mol. The van der Waals surface area contributed by atoms with Crippen LogP contribution in [0.15, 0.2) is 30.3 Å². The maximum Gasteiger partial charge on any atom is 0.329 e. The second kappa shape index (κ2) is 13.0. The van der Waals surface area contributed by atoms with E-state index in [1.807, 2.05) is 30.3 Å². The smallest absolute Gasteiger partial charge is 0.329 e. The number of carbonyl (C=O) groups is 3. The van der Waals surface area contributed by atoms with Crippen molar-refractivity contribution in [1.82, 2.24) is 10.2 Å². The van der Waals surface area contributed by atoms with Gasteiger partial charge in [0.25, 0.3) is 0 Å². The van der Waals surface area contributed by atoms with Crippen LogP contribution in [0.1, 0.15) is 57.4 Å². The summed E-state index contributed by atoms with van der Waals surface area (Å²) in [5.74, 6) is -1.25. The number of aliphatic hydroxyl groups excluding tert-OH is 2. The van der Waals surface area contributed by atoms with E-state index < -0.39 is 43.3 Å². The second-order valence-corrected chi connectivity index (χ2v) is 9.36. The molecule has 1 amide bonds. The Hall–Kier alpha value is -2.49. The molecule has 3 rings (SSSR count). The molecule has 1 aromatic rings. The van der Waals surface area contributed by atoms with Crippen LogP contribution >= 0.6 is 0 Å². The normalized spacial score (nSPS) is 23.1. The Morgan fingerprint density at radius 2 is 1.86 bits per heavy atom. The molecule has 2 fully saturated rings. The van der Waals surface area contributed by atoms with Crippen LogP contribution in [0.4, 0.5) is 0 Å². The van der Waals surface area contributed by atoms with Crippen LogP contribution in [0.2, 0.25) is 0 Å². The van der Waals surface area contributed by atoms with E-state index in [1.54, 1.807) is 18.7 Å². The van der Waals surface area contributed by atoms with Gasteiger partial charge < -0.3 is 29.9 Å². The van der Waals surface area contributed by atoms with Crippen LogP contribution in [-0.4, -0.2) is 83.6 Å². The van der Waals surface area contributed by atoms with Crippen molar-refractivity contribution in [2.75, 3.05) is 26.4 Å². The predicted octanol–water partition coefficient (Wildman–Crippen LogP) is 1.37. The third kappa shape index (κ3) is 6.59. The van der Waals surface area contributed by atoms with Gasteiger partial charge in [0.15, 0.2) is 0 Å². The zero-order chi connectivity index (χ0) is 25.4. The lowest BCUT2D eigenvalue weighted by Gasteiger charge is -2.32. The summed E-state index contributed by atoms with van der Waals surface area (Å²) in [7, 11) is 0. The monoisotopic (exact) mass is 490 g/mol. The number of benzene rings is 1. The quantitative estimate of drug-likeness (QED) is 0.375. The van der Waals surface area contributed by atoms with E-state index in [9.17, 15) is 24.6 Å². The molecule has 9 nitrogen and oxygen atoms in total. The molecular formula is C26H38N2O7. The van der Waals surface area contributed by atoms with Crippen molar-refractivity contribution < 1.29 is 34.1 Å². The van der Waals surface area contributed by atoms with Gasteiger partial charge in [0.05, 0.1) is 31.8 Å². The van der Waals surface area contributed by atoms with Gasteiger partial charge in [-0.15, -0.1) is 0 Å². The van der Waals surface area contributed by atoms with Gasteiger partial charge in [-0.25, -0.2) is 4.79 Å². The topological polar surface area (TPSA) is 125 Å². The summed E-state index contributed by atoms with van der Waals surface area (Å²) in [5, 5.41) is 21.8. The Kier molecular flexibility index (Phi) is 10.1. The number of fused-ring (bicyclic) bond motifs is 1. The summed E-state index contributed by atoms with van der Waals surface area (Å²) in [6, 6.07) is 8.14. The fourth-order valence-electron chi connectivity index (χ4n) is 5.30. The summed E-state index contributed by atoms with van der Waals surface area (Å²) in [6.07, 6.45) is 2.82. The third-order valence-electron chi connectivity index (χ3n) is 7.08. The fourth-order valence-corrected chi connectivity index (χ4v) is 5.30. The van der Waals surface area contributed by atoms with Crippen LogP contribution in [0, 0.1) is 5.92 Å². The second-order valence-electron chi connectivity index (χ2n) is 9.36. The maximum absolute atomic E-state index is 13.5. The first-order valence-corrected chi connectivity index (χ1v) is 12.6. The maximum atomic E-state index is 13.5. The number of ether oxygens (including phenoxy) is 2. The summed E-state index contributed by atoms with van der Waals surface area (Å²) >= 11 is 0. The molecule has 0 aromatic heterocycles. The molecule has 1 saturated heterocycles. The van der Waals surface area contributed by atoms with Crippen molar-refractivity contribution >= 4 is 17.8 Å². The standard InChI is InChI=1S/C26H38N2O7/c1-3-34-25(32)21(18-8-5-4-6-9-18)12-13-27-17(2)24(31)28-22-11-7-10-19(22)14-23(28)26(33)35-20(15-29)16-30/h4-6,8-9,17,19-23,27,29-30H,3,7,10-16H2,1-2H3/t17-,19-,21?,22-,23-/m0/s1. The number of nitrogens with one attached hydrogen (secondary N) is 1. The van der Waals surface area contributed by atoms with Gasteiger partial charge in [-0.05, 0) is 57.6 Å². The van der Waals surface area contributed by atoms with E-state index in [1.165, 1.54) is 0 Å². The molecule has 3 N–H and O–H groups in total. The number of hydrogen-bond acceptors (Lipinski definition) is 8. The average molecular weight is 491 g/mol. The fraction of sp³-hybridized carbons (Fsp3) is 0.654. The Bertz CT molecular complexity index is 845. The van der Waals surface area contributed by atoms with Crippen LogP contribution in [0.5, 0.6) is 0 Å². The Labute approximate surface area is 206 Å². The van der Waals surface area contributed by atoms with E-state index in [-0.39, 0.29) is 23.8 Å². The summed E-state index contributed by atoms with van der Waals surface area (Å²) < 4.78 is 10.5. The number of hydrogen-bond donors (Lipinski definition) is 3. The molecule has 194 valence electrons. The zero-order valence-corrected chi connectivity index (χ0v) is 20.6. The predicted molar refractivity (Wildman–Crippen MR) is 128 cm³/mol. The lowest BCUT2D eigenvalue weighted by Crippen LogP contribution is -2.53. The van der Waals surface area contributed by atoms with Gasteiger partial charge in [-0.3, -0.25) is 9.59 Å². The summed E-state index contributed by atoms with van der Waals surface area (Å²) in [6.45, 7) is 3.30. The number of nitrogens with zero attached hydrogens (tertiary/aromatic N) is 1. The van der Waals surface area contributed by atoms with E-state index >= 15 is 0 Å². The first kappa shape index (κ1) is 27.1. The number of likely N-dealkylation sites (tertiary alicyclic amines) is 1. The van der Waals surface area contributed by atoms with Crippen molar-refractivity contribution in [3.63, 3.8) is 0 Å². The zero-order valence-electron chi connectivity index (χ0n) is 20.6. The third-order valence-corrected chi connectivity index (χ3v) is 7.08. The molecule has 1 heterocycles. The highest BCUT2D eigenvalue weighted by atomic mass is 16.6. The highest BCUT2D eigenvalue weighted by Crippen LogP contribution is 2.42. The molecule has 35 heavy (non-hydrogen) atoms. The average Bonchev–Trinajstić information content (AvgIpc) is 3.46. The largest absolute Gasteiger partial charge is 0.466 e. The van der Waals surface area contributed by atoms with Gasteiger partial charge in [0, 0.05) is 6.04 Å². The minimum atomic E-state index is -0.992. The van der Waals surface area contributed by atoms with Crippen molar-refractivity contribution in [3.05, 3.63) is 35.9 Å². The highest BCUT2D eigenvalue weighted by molar-refractivity contribution is 5.88. The van der Waals surface area contributed by atoms with Crippen molar-refractivity contribution in [3.8, 4) is 0 Å². The van der Waals surface area contributed by atoms with Crippen LogP contribution in [0.25, 0.3) is 0 Å². The lowest BCUT2D eigenvalue weighted by molar-refractivity contribution is -0.163. The highest BCUT2D eigenvalue weighted by Gasteiger charge is 2.50. The SMILES string of the molecule is CCOC(=O)C(CCN[C@@H](C)C(=O)N1[C@H](C(=O)OC(CO)CO)C[C@@H]2CCC[C@@H]21)c1ccccc1. The lowest BCUT2D eigenvalue weighted by atomic mass is 9.95. The number of aliphatic hydroxyl groups is 2. The number of carbonyl (C=O) groups excluding carboxylic acids is 3. The van der Waals surface area contributed by atoms with Crippen molar-refractivity contribution in [2.24, 2.45) is 5.92 Å². The molecule has 1 unspecified atom stereocenters. The first-order valence-electron chi connectivity index (χ1n) is 12.6. The molecule has 2 aliphatic rings. The first-order chi connectivity index (χ1) is 16.9. The molecule has 1 aromatic carbocycles. The van der Waals surface area contributed by atoms with Gasteiger partial charge in [-0.1, -0.05) is 36.8 Å². The van der Waals surface area contributed by atoms with E-state index in [4.69, 9.17) is 9.47 Å². The number of rotatable bonds is 12. The summed E-state index contributed by atoms with van der Waals surface area (Å²) in [4.78, 5) is 40.5. The van der Waals surface area contributed by atoms with Gasteiger partial charge in [0.1, 0.15) is 12.1 Å². The van der Waals surface area contributed by atoms with E-state index in [2.05, 4.69) is 5.32 Å². The molecule has 5 atom stereocenters. The van der Waals surface area contributed by atoms with Crippen molar-refractivity contribution in [1.29, 1.82) is 0 Å². The molecule has 0 bridgehead atoms. The van der Waals surface area contributed by atoms with Crippen LogP contribution in [0.3, 0.4) is 0 Å². The minimum absolute atomic E-state index is 0.0115. The van der Waals surface area contributed by atoms with Gasteiger partial charge in [-0.2, -0.15) is 0 Å². The van der Waals surface area contributed by atoms with Gasteiger partial charge in [0.2, 0.25) is 5.91 Å². The molecule has 1 saturated carbocycles. The van der Waals surface area contributed by atoms with Gasteiger partial charge >= 0.3 is 11.9 Å². The Balaban J connectivity index is 1.64. The van der Waals surface area contributed by atoms with Crippen LogP contribution in [-0.2, 0) is 23.9 Å². The Morgan fingerprint density at radius 1 is 1.14 bits per heavy atom. The number of amides is 1. The molecule has 1 aliphatic carbocycles. The Morgan fingerprint density at radius 3 is 2.51 bits per heavy atom. The summed E-state index contributed by atoms with van der Waals surface area (Å²) in [5.41, 5.74) is 0.866. The van der Waals surface area contributed by atoms with Crippen LogP contribution < -0.4 is 5.32 Å². The molecule has 9 heteroatoms. The molecule has 0 spiro atoms. The minimum Gasteiger partial charge on any atom is -0.466 e. The molecule has 0 radical (unpaired) electrons.